The van der Waals surface area contributed by atoms with Gasteiger partial charge in [0.2, 0.25) is 0 Å². The number of aromatic nitrogens is 2. The van der Waals surface area contributed by atoms with Crippen molar-refractivity contribution >= 4 is 29.1 Å². The quantitative estimate of drug-likeness (QED) is 0.830. The minimum absolute atomic E-state index is 0.293. The number of halogens is 1. The number of likely N-dealkylation sites (N-methyl/N-ethyl adjacent to an activating group) is 2. The third-order valence-corrected chi connectivity index (χ3v) is 4.43. The average Bonchev–Trinajstić information content (AvgIpc) is 2.57. The highest BCUT2D eigenvalue weighted by Gasteiger charge is 2.40. The number of nitrogens with zero attached hydrogens (tertiary/aromatic N) is 4. The summed E-state index contributed by atoms with van der Waals surface area (Å²) in [4.78, 5) is 4.44. The summed E-state index contributed by atoms with van der Waals surface area (Å²) in [7, 11) is 6.33. The largest absolute Gasteiger partial charge is 0.354 e. The molecule has 1 aromatic rings. The zero-order chi connectivity index (χ0) is 11.8. The van der Waals surface area contributed by atoms with Crippen LogP contribution in [0.2, 0.25) is 5.15 Å². The van der Waals surface area contributed by atoms with E-state index in [2.05, 4.69) is 32.6 Å². The van der Waals surface area contributed by atoms with E-state index < -0.39 is 0 Å². The Hall–Kier alpha value is -0.390. The van der Waals surface area contributed by atoms with E-state index in [0.717, 1.165) is 12.4 Å². The molecule has 1 saturated carbocycles. The van der Waals surface area contributed by atoms with Gasteiger partial charge in [-0.05, 0) is 33.4 Å². The van der Waals surface area contributed by atoms with Crippen molar-refractivity contribution in [3.05, 3.63) is 5.15 Å². The molecule has 1 aromatic heterocycles. The molecule has 1 fully saturated rings. The van der Waals surface area contributed by atoms with Crippen LogP contribution in [0.25, 0.3) is 0 Å². The second kappa shape index (κ2) is 4.47. The second-order valence-corrected chi connectivity index (χ2v) is 5.59. The lowest BCUT2D eigenvalue weighted by Crippen LogP contribution is -2.56. The molecule has 0 aliphatic heterocycles. The van der Waals surface area contributed by atoms with E-state index in [4.69, 9.17) is 11.6 Å². The summed E-state index contributed by atoms with van der Waals surface area (Å²) in [6.07, 6.45) is 3.81. The maximum absolute atomic E-state index is 5.99. The molecule has 1 aliphatic rings. The van der Waals surface area contributed by atoms with E-state index >= 15 is 0 Å². The molecule has 0 spiro atoms. The summed E-state index contributed by atoms with van der Waals surface area (Å²) in [6, 6.07) is 0. The summed E-state index contributed by atoms with van der Waals surface area (Å²) < 4.78 is 8.22. The summed E-state index contributed by atoms with van der Waals surface area (Å²) in [5, 5.41) is 0.515. The third-order valence-electron chi connectivity index (χ3n) is 3.56. The minimum Gasteiger partial charge on any atom is -0.354 e. The Morgan fingerprint density at radius 1 is 1.31 bits per heavy atom. The first-order chi connectivity index (χ1) is 7.55. The van der Waals surface area contributed by atoms with Gasteiger partial charge in [-0.15, -0.1) is 0 Å². The first-order valence-electron chi connectivity index (χ1n) is 5.42. The van der Waals surface area contributed by atoms with E-state index in [9.17, 15) is 0 Å². The van der Waals surface area contributed by atoms with Crippen LogP contribution in [0, 0.1) is 0 Å². The number of hydrogen-bond acceptors (Lipinski definition) is 5. The molecule has 16 heavy (non-hydrogen) atoms. The molecular weight excluding hydrogens is 244 g/mol. The van der Waals surface area contributed by atoms with Crippen molar-refractivity contribution in [2.75, 3.05) is 32.6 Å². The Balaban J connectivity index is 2.07. The van der Waals surface area contributed by atoms with Crippen molar-refractivity contribution in [1.29, 1.82) is 0 Å². The topological polar surface area (TPSA) is 32.3 Å². The van der Waals surface area contributed by atoms with Gasteiger partial charge in [0.25, 0.3) is 0 Å². The Kier molecular flexibility index (Phi) is 3.37. The molecule has 2 rings (SSSR count). The van der Waals surface area contributed by atoms with Gasteiger partial charge in [-0.2, -0.15) is 8.75 Å². The van der Waals surface area contributed by atoms with Gasteiger partial charge in [0.1, 0.15) is 0 Å². The summed E-state index contributed by atoms with van der Waals surface area (Å²) in [6.45, 7) is 0.963. The van der Waals surface area contributed by atoms with Crippen LogP contribution >= 0.6 is 23.3 Å². The van der Waals surface area contributed by atoms with E-state index in [-0.39, 0.29) is 0 Å². The predicted molar refractivity (Wildman–Crippen MR) is 68.5 cm³/mol. The van der Waals surface area contributed by atoms with Crippen LogP contribution in [0.3, 0.4) is 0 Å². The first kappa shape index (κ1) is 12.1. The summed E-state index contributed by atoms with van der Waals surface area (Å²) >= 11 is 7.15. The van der Waals surface area contributed by atoms with Gasteiger partial charge in [-0.25, -0.2) is 0 Å². The molecule has 0 amide bonds. The van der Waals surface area contributed by atoms with Crippen LogP contribution in [0.5, 0.6) is 0 Å². The Morgan fingerprint density at radius 2 is 2.00 bits per heavy atom. The monoisotopic (exact) mass is 260 g/mol. The minimum atomic E-state index is 0.293. The van der Waals surface area contributed by atoms with E-state index in [1.807, 2.05) is 7.05 Å². The van der Waals surface area contributed by atoms with Crippen molar-refractivity contribution < 1.29 is 0 Å². The lowest BCUT2D eigenvalue weighted by atomic mass is 9.75. The normalized spacial score (nSPS) is 18.6. The zero-order valence-electron chi connectivity index (χ0n) is 9.90. The van der Waals surface area contributed by atoms with Crippen LogP contribution in [-0.4, -0.2) is 46.9 Å². The third kappa shape index (κ3) is 2.04. The highest BCUT2D eigenvalue weighted by Crippen LogP contribution is 2.37. The molecule has 0 saturated heterocycles. The van der Waals surface area contributed by atoms with Gasteiger partial charge in [-0.3, -0.25) is 0 Å². The maximum atomic E-state index is 5.99. The van der Waals surface area contributed by atoms with Crippen molar-refractivity contribution in [2.24, 2.45) is 0 Å². The van der Waals surface area contributed by atoms with Crippen LogP contribution < -0.4 is 4.90 Å². The molecular formula is C10H17ClN4S. The van der Waals surface area contributed by atoms with Crippen LogP contribution in [0.4, 0.5) is 5.82 Å². The Morgan fingerprint density at radius 3 is 2.38 bits per heavy atom. The van der Waals surface area contributed by atoms with E-state index in [1.165, 1.54) is 31.0 Å². The smallest absolute Gasteiger partial charge is 0.187 e. The molecule has 4 nitrogen and oxygen atoms in total. The van der Waals surface area contributed by atoms with Crippen LogP contribution in [-0.2, 0) is 0 Å². The van der Waals surface area contributed by atoms with Crippen molar-refractivity contribution in [3.63, 3.8) is 0 Å². The van der Waals surface area contributed by atoms with Gasteiger partial charge in [-0.1, -0.05) is 11.6 Å². The van der Waals surface area contributed by atoms with Crippen molar-refractivity contribution in [1.82, 2.24) is 13.6 Å². The molecule has 0 aromatic carbocycles. The van der Waals surface area contributed by atoms with Crippen LogP contribution in [0.1, 0.15) is 19.3 Å². The summed E-state index contributed by atoms with van der Waals surface area (Å²) in [5.41, 5.74) is 0.293. The molecule has 0 unspecified atom stereocenters. The molecule has 0 bridgehead atoms. The van der Waals surface area contributed by atoms with Gasteiger partial charge in [0.05, 0.1) is 11.7 Å². The lowest BCUT2D eigenvalue weighted by molar-refractivity contribution is 0.0682. The summed E-state index contributed by atoms with van der Waals surface area (Å²) in [5.74, 6) is 0.805. The first-order valence-corrected chi connectivity index (χ1v) is 6.53. The second-order valence-electron chi connectivity index (χ2n) is 4.71. The molecule has 0 N–H and O–H groups in total. The zero-order valence-corrected chi connectivity index (χ0v) is 11.5. The average molecular weight is 261 g/mol. The molecule has 1 heterocycles. The number of rotatable bonds is 4. The maximum Gasteiger partial charge on any atom is 0.187 e. The fourth-order valence-electron chi connectivity index (χ4n) is 2.25. The number of anilines is 1. The van der Waals surface area contributed by atoms with E-state index in [0.29, 0.717) is 10.7 Å². The van der Waals surface area contributed by atoms with Crippen molar-refractivity contribution in [3.8, 4) is 0 Å². The molecule has 0 atom stereocenters. The van der Waals surface area contributed by atoms with Crippen LogP contribution in [0.15, 0.2) is 0 Å². The fraction of sp³-hybridized carbons (Fsp3) is 0.800. The SMILES string of the molecule is CN(CC1(N(C)C)CCC1)c1nsnc1Cl. The molecule has 6 heteroatoms. The molecule has 90 valence electrons. The molecule has 1 aliphatic carbocycles. The molecule has 0 radical (unpaired) electrons. The van der Waals surface area contributed by atoms with Gasteiger partial charge < -0.3 is 9.80 Å². The fourth-order valence-corrected chi connectivity index (χ4v) is 3.08. The van der Waals surface area contributed by atoms with E-state index in [1.54, 1.807) is 0 Å². The Bertz CT molecular complexity index is 361. The van der Waals surface area contributed by atoms with Crippen molar-refractivity contribution in [2.45, 2.75) is 24.8 Å². The highest BCUT2D eigenvalue weighted by molar-refractivity contribution is 6.99. The standard InChI is InChI=1S/C10H17ClN4S/c1-14(2)10(5-4-6-10)7-15(3)9-8(11)12-16-13-9/h4-7H2,1-3H3. The van der Waals surface area contributed by atoms with Gasteiger partial charge in [0.15, 0.2) is 11.0 Å². The van der Waals surface area contributed by atoms with Gasteiger partial charge >= 0.3 is 0 Å². The Labute approximate surface area is 106 Å². The predicted octanol–water partition coefficient (Wildman–Crippen LogP) is 2.11. The van der Waals surface area contributed by atoms with Gasteiger partial charge in [0, 0.05) is 19.1 Å². The lowest BCUT2D eigenvalue weighted by Gasteiger charge is -2.49. The highest BCUT2D eigenvalue weighted by atomic mass is 35.5. The number of hydrogen-bond donors (Lipinski definition) is 0.